The van der Waals surface area contributed by atoms with Crippen LogP contribution in [0, 0.1) is 61.3 Å². The molecule has 2 aliphatic rings. The highest BCUT2D eigenvalue weighted by molar-refractivity contribution is 6.02. The van der Waals surface area contributed by atoms with Crippen LogP contribution in [0.25, 0.3) is 0 Å². The minimum absolute atomic E-state index is 0.0806. The van der Waals surface area contributed by atoms with Crippen molar-refractivity contribution in [2.45, 2.75) is 79.6 Å². The molecule has 236 valence electrons. The second-order valence-electron chi connectivity index (χ2n) is 14.2. The van der Waals surface area contributed by atoms with Gasteiger partial charge in [-0.3, -0.25) is 24.7 Å². The minimum Gasteiger partial charge on any atom is -0.294 e. The lowest BCUT2D eigenvalue weighted by Crippen LogP contribution is -2.42. The largest absolute Gasteiger partial charge is 0.294 e. The van der Waals surface area contributed by atoms with E-state index in [4.69, 9.17) is 19.9 Å². The summed E-state index contributed by atoms with van der Waals surface area (Å²) in [5.74, 6) is 0.107. The number of carbonyl (C=O) groups excluding carboxylic acids is 1. The number of Topliss-reactive ketones (excluding diaryl/α,β-unsaturated/α-hetero) is 1. The smallest absolute Gasteiger partial charge is 0.166 e. The van der Waals surface area contributed by atoms with Crippen LogP contribution in [0.3, 0.4) is 0 Å². The molecule has 5 heteroatoms. The van der Waals surface area contributed by atoms with E-state index in [0.29, 0.717) is 6.42 Å². The van der Waals surface area contributed by atoms with Gasteiger partial charge in [0.2, 0.25) is 0 Å². The molecule has 1 atom stereocenters. The summed E-state index contributed by atoms with van der Waals surface area (Å²) in [6, 6.07) is 21.6. The first kappa shape index (κ1) is 30.9. The summed E-state index contributed by atoms with van der Waals surface area (Å²) in [6.45, 7) is 18.7. The molecule has 5 nitrogen and oxygen atoms in total. The molecule has 0 aliphatic heterocycles. The van der Waals surface area contributed by atoms with Gasteiger partial charge >= 0.3 is 0 Å². The highest BCUT2D eigenvalue weighted by atomic mass is 16.1. The number of benzene rings is 1. The zero-order valence-electron chi connectivity index (χ0n) is 28.9. The predicted octanol–water partition coefficient (Wildman–Crippen LogP) is 8.35. The average molecular weight is 619 g/mol. The quantitative estimate of drug-likeness (QED) is 0.189. The van der Waals surface area contributed by atoms with Crippen LogP contribution >= 0.6 is 0 Å². The molecule has 2 aliphatic carbocycles. The molecule has 4 heterocycles. The second kappa shape index (κ2) is 10.9. The topological polar surface area (TPSA) is 68.6 Å². The van der Waals surface area contributed by atoms with Gasteiger partial charge in [0, 0.05) is 34.3 Å². The number of allylic oxidation sites excluding steroid dienone is 2. The number of hydrogen-bond donors (Lipinski definition) is 0. The summed E-state index contributed by atoms with van der Waals surface area (Å²) in [5, 5.41) is 0. The highest BCUT2D eigenvalue weighted by Gasteiger charge is 2.51. The maximum atomic E-state index is 13.8. The molecular weight excluding hydrogens is 576 g/mol. The van der Waals surface area contributed by atoms with Crippen LogP contribution in [-0.2, 0) is 17.3 Å². The average Bonchev–Trinajstić information content (AvgIpc) is 3.25. The van der Waals surface area contributed by atoms with E-state index in [9.17, 15) is 4.79 Å². The third kappa shape index (κ3) is 4.86. The van der Waals surface area contributed by atoms with Gasteiger partial charge < -0.3 is 0 Å². The van der Waals surface area contributed by atoms with E-state index in [1.165, 1.54) is 0 Å². The van der Waals surface area contributed by atoms with E-state index >= 15 is 0 Å². The molecule has 4 aromatic heterocycles. The van der Waals surface area contributed by atoms with Crippen molar-refractivity contribution in [1.82, 2.24) is 19.9 Å². The molecule has 0 fully saturated rings. The van der Waals surface area contributed by atoms with Crippen LogP contribution in [0.1, 0.15) is 102 Å². The first-order valence-electron chi connectivity index (χ1n) is 16.6. The van der Waals surface area contributed by atoms with Crippen molar-refractivity contribution in [3.8, 4) is 0 Å². The van der Waals surface area contributed by atoms with Crippen LogP contribution in [0.5, 0.6) is 0 Å². The van der Waals surface area contributed by atoms with Crippen LogP contribution < -0.4 is 0 Å². The minimum atomic E-state index is -0.870. The number of pyridine rings is 4. The van der Waals surface area contributed by atoms with Crippen LogP contribution in [0.4, 0.5) is 0 Å². The standard InChI is InChI=1S/C42H42N4O/c1-23-12-28(6)43-36(16-23)41(37-17-24(2)13-29(7)44-37)10-11-42(38-18-25(3)14-30(8)45-38,39-19-26(4)15-31(9)46-39)35-22-33-32(21-34(35)41)20-27(5)40(33)47/h10-19,21-22,27H,20H2,1-9H3. The van der Waals surface area contributed by atoms with Gasteiger partial charge in [-0.2, -0.15) is 0 Å². The molecule has 1 aromatic carbocycles. The van der Waals surface area contributed by atoms with Crippen molar-refractivity contribution < 1.29 is 4.79 Å². The summed E-state index contributed by atoms with van der Waals surface area (Å²) in [5.41, 5.74) is 14.1. The van der Waals surface area contributed by atoms with E-state index in [2.05, 4.69) is 114 Å². The van der Waals surface area contributed by atoms with Gasteiger partial charge in [0.05, 0.1) is 33.6 Å². The van der Waals surface area contributed by atoms with Crippen LogP contribution in [-0.4, -0.2) is 25.7 Å². The Balaban J connectivity index is 1.71. The van der Waals surface area contributed by atoms with Gasteiger partial charge in [0.25, 0.3) is 0 Å². The molecule has 0 amide bonds. The van der Waals surface area contributed by atoms with Gasteiger partial charge in [0.15, 0.2) is 5.78 Å². The number of fused-ring (bicyclic) bond motifs is 2. The normalized spacial score (nSPS) is 17.5. The molecule has 7 rings (SSSR count). The number of aromatic nitrogens is 4. The molecule has 0 spiro atoms. The number of hydrogen-bond acceptors (Lipinski definition) is 5. The summed E-state index contributed by atoms with van der Waals surface area (Å²) in [6.07, 6.45) is 5.30. The van der Waals surface area contributed by atoms with Crippen molar-refractivity contribution in [2.75, 3.05) is 0 Å². The lowest BCUT2D eigenvalue weighted by atomic mass is 9.59. The number of nitrogens with zero attached hydrogens (tertiary/aromatic N) is 4. The fourth-order valence-electron chi connectivity index (χ4n) is 8.14. The maximum Gasteiger partial charge on any atom is 0.166 e. The van der Waals surface area contributed by atoms with Gasteiger partial charge in [-0.15, -0.1) is 0 Å². The van der Waals surface area contributed by atoms with E-state index in [1.807, 2.05) is 20.8 Å². The summed E-state index contributed by atoms with van der Waals surface area (Å²) in [7, 11) is 0. The highest BCUT2D eigenvalue weighted by Crippen LogP contribution is 2.54. The number of carbonyl (C=O) groups is 1. The summed E-state index contributed by atoms with van der Waals surface area (Å²) < 4.78 is 0. The first-order valence-corrected chi connectivity index (χ1v) is 16.6. The monoisotopic (exact) mass is 618 g/mol. The molecule has 0 saturated carbocycles. The molecule has 0 bridgehead atoms. The van der Waals surface area contributed by atoms with Crippen molar-refractivity contribution in [2.24, 2.45) is 5.92 Å². The Hall–Kier alpha value is -4.77. The predicted molar refractivity (Wildman–Crippen MR) is 187 cm³/mol. The van der Waals surface area contributed by atoms with E-state index in [1.54, 1.807) is 0 Å². The summed E-state index contributed by atoms with van der Waals surface area (Å²) in [4.78, 5) is 34.8. The molecule has 0 radical (unpaired) electrons. The van der Waals surface area contributed by atoms with Crippen molar-refractivity contribution >= 4 is 5.78 Å². The zero-order valence-corrected chi connectivity index (χ0v) is 28.9. The second-order valence-corrected chi connectivity index (χ2v) is 14.2. The van der Waals surface area contributed by atoms with Crippen LogP contribution in [0.2, 0.25) is 0 Å². The van der Waals surface area contributed by atoms with Crippen LogP contribution in [0.15, 0.2) is 72.8 Å². The SMILES string of the molecule is Cc1cc(C)nc(C2(c3cc(C)cc(C)n3)C=CC(c3cc(C)cc(C)n3)(c3cc(C)cc(C)n3)c3cc4c(cc32)CC(C)C4=O)c1. The van der Waals surface area contributed by atoms with Gasteiger partial charge in [0.1, 0.15) is 0 Å². The Labute approximate surface area is 278 Å². The van der Waals surface area contributed by atoms with E-state index < -0.39 is 10.8 Å². The Morgan fingerprint density at radius 2 is 0.851 bits per heavy atom. The van der Waals surface area contributed by atoms with Gasteiger partial charge in [-0.1, -0.05) is 25.1 Å². The molecular formula is C42H42N4O. The Bertz CT molecular complexity index is 1970. The Morgan fingerprint density at radius 3 is 1.19 bits per heavy atom. The van der Waals surface area contributed by atoms with E-state index in [0.717, 1.165) is 90.1 Å². The molecule has 0 N–H and O–H groups in total. The van der Waals surface area contributed by atoms with E-state index in [-0.39, 0.29) is 11.7 Å². The molecule has 47 heavy (non-hydrogen) atoms. The first-order chi connectivity index (χ1) is 22.3. The third-order valence-corrected chi connectivity index (χ3v) is 9.92. The van der Waals surface area contributed by atoms with Gasteiger partial charge in [-0.25, -0.2) is 0 Å². The van der Waals surface area contributed by atoms with Gasteiger partial charge in [-0.05, 0) is 155 Å². The Kier molecular flexibility index (Phi) is 7.16. The fourth-order valence-corrected chi connectivity index (χ4v) is 8.14. The maximum absolute atomic E-state index is 13.8. The van der Waals surface area contributed by atoms with Crippen molar-refractivity contribution in [3.05, 3.63) is 163 Å². The molecule has 1 unspecified atom stereocenters. The molecule has 0 saturated heterocycles. The lowest BCUT2D eigenvalue weighted by molar-refractivity contribution is 0.0946. The fraction of sp³-hybridized carbons (Fsp3) is 0.310. The molecule has 5 aromatic rings. The van der Waals surface area contributed by atoms with Crippen molar-refractivity contribution in [1.29, 1.82) is 0 Å². The van der Waals surface area contributed by atoms with Crippen molar-refractivity contribution in [3.63, 3.8) is 0 Å². The number of aryl methyl sites for hydroxylation is 8. The Morgan fingerprint density at radius 1 is 0.511 bits per heavy atom. The number of rotatable bonds is 4. The number of ketones is 1. The zero-order chi connectivity index (χ0) is 33.4. The lowest BCUT2D eigenvalue weighted by Gasteiger charge is -2.44. The summed E-state index contributed by atoms with van der Waals surface area (Å²) >= 11 is 0. The third-order valence-electron chi connectivity index (χ3n) is 9.92.